The van der Waals surface area contributed by atoms with Gasteiger partial charge in [-0.05, 0) is 61.4 Å². The van der Waals surface area contributed by atoms with Crippen LogP contribution in [0.3, 0.4) is 0 Å². The fraction of sp³-hybridized carbons (Fsp3) is 0.238. The van der Waals surface area contributed by atoms with Gasteiger partial charge in [0.05, 0.1) is 0 Å². The molecule has 0 bridgehead atoms. The average Bonchev–Trinajstić information content (AvgIpc) is 3.43. The molecule has 2 heterocycles. The van der Waals surface area contributed by atoms with Gasteiger partial charge in [0, 0.05) is 12.2 Å². The van der Waals surface area contributed by atoms with Gasteiger partial charge in [-0.15, -0.1) is 0 Å². The second-order valence-electron chi connectivity index (χ2n) is 6.91. The van der Waals surface area contributed by atoms with Gasteiger partial charge in [-0.1, -0.05) is 0 Å². The second-order valence-corrected chi connectivity index (χ2v) is 6.91. The van der Waals surface area contributed by atoms with E-state index < -0.39 is 6.04 Å². The Hall–Kier alpha value is -3.75. The van der Waals surface area contributed by atoms with Crippen LogP contribution in [0.4, 0.5) is 10.1 Å². The SMILES string of the molecule is O=C(Nc1ccc(Oc2ccc(F)cc2)cc1)C1CCCN1C(=O)Cn1cncn1. The fourth-order valence-electron chi connectivity index (χ4n) is 3.35. The van der Waals surface area contributed by atoms with E-state index in [-0.39, 0.29) is 24.2 Å². The number of benzene rings is 2. The van der Waals surface area contributed by atoms with Crippen molar-refractivity contribution in [3.63, 3.8) is 0 Å². The van der Waals surface area contributed by atoms with E-state index in [1.165, 1.54) is 41.6 Å². The van der Waals surface area contributed by atoms with Crippen molar-refractivity contribution in [3.05, 3.63) is 67.0 Å². The Kier molecular flexibility index (Phi) is 5.69. The van der Waals surface area contributed by atoms with Crippen LogP contribution in [0.25, 0.3) is 0 Å². The minimum absolute atomic E-state index is 0.0548. The van der Waals surface area contributed by atoms with Gasteiger partial charge in [0.2, 0.25) is 11.8 Å². The molecule has 9 heteroatoms. The Morgan fingerprint density at radius 2 is 1.80 bits per heavy atom. The van der Waals surface area contributed by atoms with E-state index in [9.17, 15) is 14.0 Å². The van der Waals surface area contributed by atoms with Crippen molar-refractivity contribution in [2.45, 2.75) is 25.4 Å². The zero-order chi connectivity index (χ0) is 20.9. The summed E-state index contributed by atoms with van der Waals surface area (Å²) in [6, 6.07) is 12.1. The highest BCUT2D eigenvalue weighted by Crippen LogP contribution is 2.24. The van der Waals surface area contributed by atoms with E-state index in [0.29, 0.717) is 30.2 Å². The maximum absolute atomic E-state index is 13.0. The van der Waals surface area contributed by atoms with Crippen molar-refractivity contribution < 1.29 is 18.7 Å². The molecule has 0 aliphatic carbocycles. The number of nitrogens with zero attached hydrogens (tertiary/aromatic N) is 4. The van der Waals surface area contributed by atoms with Gasteiger partial charge in [-0.3, -0.25) is 9.59 Å². The fourth-order valence-corrected chi connectivity index (χ4v) is 3.35. The molecule has 0 spiro atoms. The average molecular weight is 409 g/mol. The molecule has 1 fully saturated rings. The van der Waals surface area contributed by atoms with E-state index in [2.05, 4.69) is 15.4 Å². The Balaban J connectivity index is 1.35. The number of halogens is 1. The van der Waals surface area contributed by atoms with E-state index >= 15 is 0 Å². The molecule has 0 saturated carbocycles. The minimum atomic E-state index is -0.517. The highest BCUT2D eigenvalue weighted by Gasteiger charge is 2.34. The number of carbonyl (C=O) groups is 2. The molecule has 0 radical (unpaired) electrons. The van der Waals surface area contributed by atoms with Crippen LogP contribution in [-0.4, -0.2) is 44.1 Å². The van der Waals surface area contributed by atoms with Crippen molar-refractivity contribution in [1.82, 2.24) is 19.7 Å². The smallest absolute Gasteiger partial charge is 0.247 e. The Labute approximate surface area is 172 Å². The zero-order valence-electron chi connectivity index (χ0n) is 16.1. The summed E-state index contributed by atoms with van der Waals surface area (Å²) in [5.41, 5.74) is 0.599. The number of anilines is 1. The predicted octanol–water partition coefficient (Wildman–Crippen LogP) is 2.84. The quantitative estimate of drug-likeness (QED) is 0.676. The van der Waals surface area contributed by atoms with E-state index in [1.54, 1.807) is 29.2 Å². The van der Waals surface area contributed by atoms with E-state index in [0.717, 1.165) is 6.42 Å². The van der Waals surface area contributed by atoms with Gasteiger partial charge in [-0.2, -0.15) is 5.10 Å². The number of ether oxygens (including phenoxy) is 1. The molecule has 1 unspecified atom stereocenters. The van der Waals surface area contributed by atoms with Crippen LogP contribution in [0.15, 0.2) is 61.2 Å². The van der Waals surface area contributed by atoms with Crippen molar-refractivity contribution in [1.29, 1.82) is 0 Å². The molecule has 1 saturated heterocycles. The van der Waals surface area contributed by atoms with Gasteiger partial charge in [0.1, 0.15) is 42.6 Å². The summed E-state index contributed by atoms with van der Waals surface area (Å²) in [4.78, 5) is 30.7. The molecule has 4 rings (SSSR count). The Morgan fingerprint density at radius 1 is 1.10 bits per heavy atom. The van der Waals surface area contributed by atoms with Crippen LogP contribution in [0.5, 0.6) is 11.5 Å². The van der Waals surface area contributed by atoms with Crippen LogP contribution in [0, 0.1) is 5.82 Å². The number of nitrogens with one attached hydrogen (secondary N) is 1. The lowest BCUT2D eigenvalue weighted by Gasteiger charge is -2.24. The number of rotatable bonds is 6. The third kappa shape index (κ3) is 4.62. The first-order valence-corrected chi connectivity index (χ1v) is 9.55. The lowest BCUT2D eigenvalue weighted by molar-refractivity contribution is -0.137. The molecule has 2 amide bonds. The number of hydrogen-bond donors (Lipinski definition) is 1. The minimum Gasteiger partial charge on any atom is -0.457 e. The highest BCUT2D eigenvalue weighted by atomic mass is 19.1. The largest absolute Gasteiger partial charge is 0.457 e. The topological polar surface area (TPSA) is 89.4 Å². The summed E-state index contributed by atoms with van der Waals surface area (Å²) >= 11 is 0. The molecule has 8 nitrogen and oxygen atoms in total. The number of carbonyl (C=O) groups excluding carboxylic acids is 2. The maximum atomic E-state index is 13.0. The highest BCUT2D eigenvalue weighted by molar-refractivity contribution is 5.97. The number of hydrogen-bond acceptors (Lipinski definition) is 5. The molecular weight excluding hydrogens is 389 g/mol. The van der Waals surface area contributed by atoms with Gasteiger partial charge in [-0.25, -0.2) is 14.1 Å². The third-order valence-electron chi connectivity index (χ3n) is 4.81. The third-order valence-corrected chi connectivity index (χ3v) is 4.81. The van der Waals surface area contributed by atoms with Crippen LogP contribution in [0.1, 0.15) is 12.8 Å². The summed E-state index contributed by atoms with van der Waals surface area (Å²) in [6.07, 6.45) is 4.22. The van der Waals surface area contributed by atoms with Crippen molar-refractivity contribution in [2.24, 2.45) is 0 Å². The van der Waals surface area contributed by atoms with Gasteiger partial charge >= 0.3 is 0 Å². The predicted molar refractivity (Wildman–Crippen MR) is 106 cm³/mol. The van der Waals surface area contributed by atoms with Crippen LogP contribution in [-0.2, 0) is 16.1 Å². The molecular formula is C21H20FN5O3. The monoisotopic (exact) mass is 409 g/mol. The maximum Gasteiger partial charge on any atom is 0.247 e. The molecule has 1 aliphatic heterocycles. The molecule has 2 aromatic carbocycles. The first-order valence-electron chi connectivity index (χ1n) is 9.55. The van der Waals surface area contributed by atoms with Crippen LogP contribution < -0.4 is 10.1 Å². The van der Waals surface area contributed by atoms with Gasteiger partial charge < -0.3 is 15.0 Å². The Bertz CT molecular complexity index is 1010. The molecule has 3 aromatic rings. The standard InChI is InChI=1S/C21H20FN5O3/c22-15-3-7-17(8-4-15)30-18-9-5-16(6-10-18)25-21(29)19-2-1-11-27(19)20(28)12-26-14-23-13-24-26/h3-10,13-14,19H,1-2,11-12H2,(H,25,29). The first-order chi connectivity index (χ1) is 14.6. The second kappa shape index (κ2) is 8.73. The van der Waals surface area contributed by atoms with Crippen LogP contribution >= 0.6 is 0 Å². The van der Waals surface area contributed by atoms with Gasteiger partial charge in [0.25, 0.3) is 0 Å². The first kappa shape index (κ1) is 19.6. The van der Waals surface area contributed by atoms with Crippen LogP contribution in [0.2, 0.25) is 0 Å². The number of aromatic nitrogens is 3. The number of likely N-dealkylation sites (tertiary alicyclic amines) is 1. The van der Waals surface area contributed by atoms with Gasteiger partial charge in [0.15, 0.2) is 0 Å². The summed E-state index contributed by atoms with van der Waals surface area (Å²) < 4.78 is 20.1. The summed E-state index contributed by atoms with van der Waals surface area (Å²) in [6.45, 7) is 0.593. The normalized spacial score (nSPS) is 15.8. The molecule has 30 heavy (non-hydrogen) atoms. The lowest BCUT2D eigenvalue weighted by Crippen LogP contribution is -2.44. The summed E-state index contributed by atoms with van der Waals surface area (Å²) in [5.74, 6) is 0.347. The van der Waals surface area contributed by atoms with E-state index in [1.807, 2.05) is 0 Å². The molecule has 154 valence electrons. The molecule has 1 atom stereocenters. The molecule has 1 aliphatic rings. The van der Waals surface area contributed by atoms with Crippen molar-refractivity contribution in [2.75, 3.05) is 11.9 Å². The van der Waals surface area contributed by atoms with E-state index in [4.69, 9.17) is 4.74 Å². The number of amides is 2. The Morgan fingerprint density at radius 3 is 2.47 bits per heavy atom. The summed E-state index contributed by atoms with van der Waals surface area (Å²) in [5, 5.41) is 6.79. The lowest BCUT2D eigenvalue weighted by atomic mass is 10.2. The van der Waals surface area contributed by atoms with Crippen molar-refractivity contribution in [3.8, 4) is 11.5 Å². The molecule has 1 N–H and O–H groups in total. The summed E-state index contributed by atoms with van der Waals surface area (Å²) in [7, 11) is 0. The van der Waals surface area contributed by atoms with Crippen molar-refractivity contribution >= 4 is 17.5 Å². The molecule has 1 aromatic heterocycles. The zero-order valence-corrected chi connectivity index (χ0v) is 16.1.